The Morgan fingerprint density at radius 1 is 1.03 bits per heavy atom. The lowest BCUT2D eigenvalue weighted by Crippen LogP contribution is -2.29. The molecule has 6 nitrogen and oxygen atoms in total. The Balaban J connectivity index is 1.39. The van der Waals surface area contributed by atoms with Crippen LogP contribution in [0.5, 0.6) is 5.75 Å². The molecule has 1 heterocycles. The monoisotopic (exact) mass is 429 g/mol. The van der Waals surface area contributed by atoms with Crippen molar-refractivity contribution in [3.63, 3.8) is 0 Å². The molecule has 1 aliphatic heterocycles. The fraction of sp³-hybridized carbons (Fsp3) is 0.231. The fourth-order valence-corrected chi connectivity index (χ4v) is 3.84. The minimum atomic E-state index is -0.289. The molecule has 0 saturated heterocycles. The number of aryl methyl sites for hydroxylation is 1. The first-order valence-electron chi connectivity index (χ1n) is 10.8. The van der Waals surface area contributed by atoms with Crippen LogP contribution in [0.3, 0.4) is 0 Å². The zero-order valence-electron chi connectivity index (χ0n) is 18.4. The molecule has 6 heteroatoms. The van der Waals surface area contributed by atoms with E-state index in [-0.39, 0.29) is 11.9 Å². The molecule has 0 bridgehead atoms. The Hall–Kier alpha value is -3.80. The fourth-order valence-electron chi connectivity index (χ4n) is 3.84. The van der Waals surface area contributed by atoms with Crippen molar-refractivity contribution in [3.05, 3.63) is 89.0 Å². The van der Waals surface area contributed by atoms with Gasteiger partial charge in [-0.3, -0.25) is 4.79 Å². The van der Waals surface area contributed by atoms with Crippen LogP contribution in [0.1, 0.15) is 34.0 Å². The van der Waals surface area contributed by atoms with Crippen LogP contribution in [0.25, 0.3) is 0 Å². The van der Waals surface area contributed by atoms with Gasteiger partial charge in [-0.05, 0) is 73.9 Å². The highest BCUT2D eigenvalue weighted by molar-refractivity contribution is 6.07. The van der Waals surface area contributed by atoms with Crippen molar-refractivity contribution in [1.82, 2.24) is 5.32 Å². The second-order valence-corrected chi connectivity index (χ2v) is 7.80. The first kappa shape index (κ1) is 21.4. The van der Waals surface area contributed by atoms with Crippen molar-refractivity contribution >= 4 is 23.3 Å². The van der Waals surface area contributed by atoms with Crippen molar-refractivity contribution in [2.45, 2.75) is 26.8 Å². The molecule has 3 aromatic carbocycles. The van der Waals surface area contributed by atoms with E-state index in [0.29, 0.717) is 30.9 Å². The third-order valence-corrected chi connectivity index (χ3v) is 5.43. The van der Waals surface area contributed by atoms with Gasteiger partial charge >= 0.3 is 6.03 Å². The average molecular weight is 430 g/mol. The zero-order chi connectivity index (χ0) is 22.5. The van der Waals surface area contributed by atoms with Crippen LogP contribution in [0.15, 0.2) is 66.7 Å². The highest BCUT2D eigenvalue weighted by Gasteiger charge is 2.25. The lowest BCUT2D eigenvalue weighted by molar-refractivity contribution is 0.0989. The topological polar surface area (TPSA) is 70.7 Å². The number of benzene rings is 3. The second-order valence-electron chi connectivity index (χ2n) is 7.80. The Kier molecular flexibility index (Phi) is 6.40. The van der Waals surface area contributed by atoms with Crippen molar-refractivity contribution in [2.24, 2.45) is 0 Å². The number of nitrogens with zero attached hydrogens (tertiary/aromatic N) is 1. The minimum Gasteiger partial charge on any atom is -0.494 e. The maximum Gasteiger partial charge on any atom is 0.319 e. The molecule has 3 amide bonds. The van der Waals surface area contributed by atoms with Gasteiger partial charge < -0.3 is 20.3 Å². The van der Waals surface area contributed by atoms with Gasteiger partial charge in [-0.25, -0.2) is 4.79 Å². The third-order valence-electron chi connectivity index (χ3n) is 5.43. The minimum absolute atomic E-state index is 0.00537. The van der Waals surface area contributed by atoms with E-state index < -0.39 is 0 Å². The van der Waals surface area contributed by atoms with Gasteiger partial charge in [0, 0.05) is 30.0 Å². The maximum absolute atomic E-state index is 13.0. The quantitative estimate of drug-likeness (QED) is 0.584. The van der Waals surface area contributed by atoms with Gasteiger partial charge in [0.1, 0.15) is 5.75 Å². The molecule has 0 unspecified atom stereocenters. The molecule has 0 radical (unpaired) electrons. The number of fused-ring (bicyclic) bond motifs is 1. The molecule has 164 valence electrons. The van der Waals surface area contributed by atoms with Crippen molar-refractivity contribution in [1.29, 1.82) is 0 Å². The van der Waals surface area contributed by atoms with Gasteiger partial charge in [-0.1, -0.05) is 29.8 Å². The van der Waals surface area contributed by atoms with Gasteiger partial charge in [0.2, 0.25) is 0 Å². The van der Waals surface area contributed by atoms with E-state index in [2.05, 4.69) is 10.6 Å². The largest absolute Gasteiger partial charge is 0.494 e. The van der Waals surface area contributed by atoms with E-state index in [9.17, 15) is 9.59 Å². The predicted octanol–water partition coefficient (Wildman–Crippen LogP) is 4.92. The number of anilines is 2. The lowest BCUT2D eigenvalue weighted by atomic mass is 10.1. The standard InChI is InChI=1S/C26H27N3O3/c1-3-32-23-11-9-22(10-12-23)28-26(31)27-17-19-7-8-20-13-14-29(24(20)16-19)25(30)21-6-4-5-18(2)15-21/h4-12,15-16H,3,13-14,17H2,1-2H3,(H2,27,28,31). The summed E-state index contributed by atoms with van der Waals surface area (Å²) in [6.45, 7) is 5.54. The first-order chi connectivity index (χ1) is 15.5. The maximum atomic E-state index is 13.0. The summed E-state index contributed by atoms with van der Waals surface area (Å²) in [6, 6.07) is 20.6. The number of amides is 3. The normalized spacial score (nSPS) is 12.2. The third kappa shape index (κ3) is 4.91. The zero-order valence-corrected chi connectivity index (χ0v) is 18.4. The van der Waals surface area contributed by atoms with Crippen LogP contribution in [0.4, 0.5) is 16.2 Å². The van der Waals surface area contributed by atoms with E-state index in [1.807, 2.05) is 73.3 Å². The van der Waals surface area contributed by atoms with Crippen molar-refractivity contribution in [2.75, 3.05) is 23.4 Å². The van der Waals surface area contributed by atoms with E-state index >= 15 is 0 Å². The van der Waals surface area contributed by atoms with E-state index in [1.54, 1.807) is 12.1 Å². The number of carbonyl (C=O) groups excluding carboxylic acids is 2. The van der Waals surface area contributed by atoms with Crippen LogP contribution in [0.2, 0.25) is 0 Å². The van der Waals surface area contributed by atoms with E-state index in [1.165, 1.54) is 0 Å². The van der Waals surface area contributed by atoms with Crippen LogP contribution in [-0.2, 0) is 13.0 Å². The number of nitrogens with one attached hydrogen (secondary N) is 2. The van der Waals surface area contributed by atoms with Crippen LogP contribution < -0.4 is 20.3 Å². The summed E-state index contributed by atoms with van der Waals surface area (Å²) in [5, 5.41) is 5.69. The van der Waals surface area contributed by atoms with Gasteiger partial charge in [0.05, 0.1) is 6.61 Å². The van der Waals surface area contributed by atoms with Crippen LogP contribution >= 0.6 is 0 Å². The molecule has 0 aliphatic carbocycles. The van der Waals surface area contributed by atoms with Crippen molar-refractivity contribution < 1.29 is 14.3 Å². The highest BCUT2D eigenvalue weighted by atomic mass is 16.5. The summed E-state index contributed by atoms with van der Waals surface area (Å²) in [7, 11) is 0. The van der Waals surface area contributed by atoms with Crippen LogP contribution in [0, 0.1) is 6.92 Å². The molecule has 0 atom stereocenters. The van der Waals surface area contributed by atoms with E-state index in [4.69, 9.17) is 4.74 Å². The molecule has 0 aromatic heterocycles. The van der Waals surface area contributed by atoms with Gasteiger partial charge in [0.15, 0.2) is 0 Å². The summed E-state index contributed by atoms with van der Waals surface area (Å²) in [5.74, 6) is 0.771. The Labute approximate surface area is 188 Å². The molecule has 3 aromatic rings. The number of urea groups is 1. The van der Waals surface area contributed by atoms with Gasteiger partial charge in [-0.2, -0.15) is 0 Å². The summed E-state index contributed by atoms with van der Waals surface area (Å²) in [6.07, 6.45) is 0.832. The molecule has 1 aliphatic rings. The lowest BCUT2D eigenvalue weighted by Gasteiger charge is -2.18. The Morgan fingerprint density at radius 2 is 1.84 bits per heavy atom. The molecule has 0 saturated carbocycles. The molecule has 4 rings (SSSR count). The number of rotatable bonds is 6. The number of carbonyl (C=O) groups is 2. The number of hydrogen-bond donors (Lipinski definition) is 2. The Bertz CT molecular complexity index is 1130. The van der Waals surface area contributed by atoms with Crippen LogP contribution in [-0.4, -0.2) is 25.1 Å². The van der Waals surface area contributed by atoms with Crippen molar-refractivity contribution in [3.8, 4) is 5.75 Å². The summed E-state index contributed by atoms with van der Waals surface area (Å²) >= 11 is 0. The molecule has 32 heavy (non-hydrogen) atoms. The molecular formula is C26H27N3O3. The Morgan fingerprint density at radius 3 is 2.59 bits per heavy atom. The van der Waals surface area contributed by atoms with Gasteiger partial charge in [-0.15, -0.1) is 0 Å². The first-order valence-corrected chi connectivity index (χ1v) is 10.8. The predicted molar refractivity (Wildman–Crippen MR) is 126 cm³/mol. The molecule has 2 N–H and O–H groups in total. The highest BCUT2D eigenvalue weighted by Crippen LogP contribution is 2.30. The average Bonchev–Trinajstić information content (AvgIpc) is 3.22. The molecule has 0 spiro atoms. The summed E-state index contributed by atoms with van der Waals surface area (Å²) in [4.78, 5) is 27.2. The number of hydrogen-bond acceptors (Lipinski definition) is 3. The molecule has 0 fully saturated rings. The smallest absolute Gasteiger partial charge is 0.319 e. The van der Waals surface area contributed by atoms with Gasteiger partial charge in [0.25, 0.3) is 5.91 Å². The summed E-state index contributed by atoms with van der Waals surface area (Å²) in [5.41, 5.74) is 5.45. The van der Waals surface area contributed by atoms with E-state index in [0.717, 1.165) is 34.5 Å². The second kappa shape index (κ2) is 9.56. The molecular weight excluding hydrogens is 402 g/mol. The summed E-state index contributed by atoms with van der Waals surface area (Å²) < 4.78 is 5.41. The SMILES string of the molecule is CCOc1ccc(NC(=O)NCc2ccc3c(c2)N(C(=O)c2cccc(C)c2)CC3)cc1. The number of ether oxygens (including phenoxy) is 1.